The number of halogens is 1. The van der Waals surface area contributed by atoms with Crippen LogP contribution in [0.1, 0.15) is 57.2 Å². The van der Waals surface area contributed by atoms with Crippen molar-refractivity contribution in [2.45, 2.75) is 68.1 Å². The topological polar surface area (TPSA) is 38.9 Å². The zero-order valence-corrected chi connectivity index (χ0v) is 16.6. The smallest absolute Gasteiger partial charge is 0.144 e. The average molecular weight is 361 g/mol. The summed E-state index contributed by atoms with van der Waals surface area (Å²) in [5.41, 5.74) is 11.4. The summed E-state index contributed by atoms with van der Waals surface area (Å²) in [6.45, 7) is 11.6. The summed E-state index contributed by atoms with van der Waals surface area (Å²) in [7, 11) is 0. The van der Waals surface area contributed by atoms with Crippen LogP contribution in [-0.4, -0.2) is 4.98 Å². The van der Waals surface area contributed by atoms with Crippen molar-refractivity contribution in [3.05, 3.63) is 46.2 Å². The Morgan fingerprint density at radius 1 is 1.08 bits per heavy atom. The number of aromatic nitrogens is 1. The van der Waals surface area contributed by atoms with E-state index >= 15 is 0 Å². The third-order valence-corrected chi connectivity index (χ3v) is 6.94. The van der Waals surface area contributed by atoms with Gasteiger partial charge in [0.1, 0.15) is 5.15 Å². The Balaban J connectivity index is 2.12. The van der Waals surface area contributed by atoms with Gasteiger partial charge < -0.3 is 5.73 Å². The maximum absolute atomic E-state index is 6.26. The van der Waals surface area contributed by atoms with Crippen LogP contribution in [0.25, 0.3) is 0 Å². The second kappa shape index (κ2) is 5.96. The van der Waals surface area contributed by atoms with Crippen LogP contribution >= 0.6 is 23.4 Å². The first-order chi connectivity index (χ1) is 11.1. The number of fused-ring (bicyclic) bond motifs is 1. The van der Waals surface area contributed by atoms with Gasteiger partial charge in [0.25, 0.3) is 0 Å². The van der Waals surface area contributed by atoms with Crippen LogP contribution in [0.15, 0.2) is 34.2 Å². The van der Waals surface area contributed by atoms with Gasteiger partial charge in [0.05, 0.1) is 10.6 Å². The Bertz CT molecular complexity index is 776. The molecule has 4 heteroatoms. The number of hydrogen-bond donors (Lipinski definition) is 1. The standard InChI is InChI=1S/C20H25ClN2S/c1-12-10-13-14(20(4,5)8-7-19(13,2)3)11-16(12)24-17-15(22)6-9-23-18(17)21/h6,9-11H,7-8H2,1-5H3,(H2,22,23). The van der Waals surface area contributed by atoms with Crippen molar-refractivity contribution in [3.8, 4) is 0 Å². The van der Waals surface area contributed by atoms with Crippen LogP contribution < -0.4 is 5.73 Å². The molecule has 2 aromatic rings. The molecule has 1 heterocycles. The molecule has 1 aromatic carbocycles. The Kier molecular flexibility index (Phi) is 4.38. The van der Waals surface area contributed by atoms with Crippen molar-refractivity contribution in [2.75, 3.05) is 5.73 Å². The lowest BCUT2D eigenvalue weighted by Crippen LogP contribution is -2.34. The minimum atomic E-state index is 0.193. The minimum absolute atomic E-state index is 0.193. The number of aryl methyl sites for hydroxylation is 1. The number of pyridine rings is 1. The molecule has 1 aromatic heterocycles. The maximum Gasteiger partial charge on any atom is 0.144 e. The van der Waals surface area contributed by atoms with E-state index in [4.69, 9.17) is 17.3 Å². The predicted octanol–water partition coefficient (Wildman–Crippen LogP) is 6.13. The van der Waals surface area contributed by atoms with Gasteiger partial charge in [-0.25, -0.2) is 4.98 Å². The number of rotatable bonds is 2. The lowest BCUT2D eigenvalue weighted by Gasteiger charge is -2.42. The Morgan fingerprint density at radius 3 is 2.25 bits per heavy atom. The molecule has 2 nitrogen and oxygen atoms in total. The van der Waals surface area contributed by atoms with Crippen LogP contribution in [0.2, 0.25) is 5.15 Å². The van der Waals surface area contributed by atoms with E-state index in [1.807, 2.05) is 0 Å². The molecule has 128 valence electrons. The number of nitrogen functional groups attached to an aromatic ring is 1. The quantitative estimate of drug-likeness (QED) is 0.655. The Labute approximate surface area is 154 Å². The number of nitrogens with zero attached hydrogens (tertiary/aromatic N) is 1. The van der Waals surface area contributed by atoms with E-state index in [-0.39, 0.29) is 10.8 Å². The summed E-state index contributed by atoms with van der Waals surface area (Å²) in [5, 5.41) is 0.469. The van der Waals surface area contributed by atoms with Gasteiger partial charge in [-0.2, -0.15) is 0 Å². The maximum atomic E-state index is 6.26. The third-order valence-electron chi connectivity index (χ3n) is 5.25. The van der Waals surface area contributed by atoms with Gasteiger partial charge in [-0.3, -0.25) is 0 Å². The number of nitrogens with two attached hydrogens (primary N) is 1. The van der Waals surface area contributed by atoms with Crippen LogP contribution in [0.3, 0.4) is 0 Å². The first kappa shape index (κ1) is 17.6. The zero-order chi connectivity index (χ0) is 17.7. The van der Waals surface area contributed by atoms with Crippen molar-refractivity contribution in [1.29, 1.82) is 0 Å². The molecule has 2 N–H and O–H groups in total. The van der Waals surface area contributed by atoms with Gasteiger partial charge in [0.15, 0.2) is 0 Å². The number of benzene rings is 1. The molecule has 0 atom stereocenters. The minimum Gasteiger partial charge on any atom is -0.398 e. The molecule has 0 spiro atoms. The SMILES string of the molecule is Cc1cc2c(cc1Sc1c(N)ccnc1Cl)C(C)(C)CCC2(C)C. The van der Waals surface area contributed by atoms with Gasteiger partial charge >= 0.3 is 0 Å². The van der Waals surface area contributed by atoms with Crippen LogP contribution in [0.5, 0.6) is 0 Å². The molecular weight excluding hydrogens is 336 g/mol. The highest BCUT2D eigenvalue weighted by Gasteiger charge is 2.37. The normalized spacial score (nSPS) is 18.2. The predicted molar refractivity (Wildman–Crippen MR) is 104 cm³/mol. The summed E-state index contributed by atoms with van der Waals surface area (Å²) in [6, 6.07) is 6.51. The number of hydrogen-bond acceptors (Lipinski definition) is 3. The van der Waals surface area contributed by atoms with Crippen LogP contribution in [0, 0.1) is 6.92 Å². The van der Waals surface area contributed by atoms with Crippen LogP contribution in [0.4, 0.5) is 5.69 Å². The molecule has 3 rings (SSSR count). The Morgan fingerprint density at radius 2 is 1.67 bits per heavy atom. The summed E-state index contributed by atoms with van der Waals surface area (Å²) in [6.07, 6.45) is 4.07. The molecule has 1 aliphatic rings. The van der Waals surface area contributed by atoms with E-state index < -0.39 is 0 Å². The van der Waals surface area contributed by atoms with E-state index in [0.29, 0.717) is 10.8 Å². The second-order valence-corrected chi connectivity index (χ2v) is 9.46. The molecule has 0 amide bonds. The van der Waals surface area contributed by atoms with E-state index in [9.17, 15) is 0 Å². The molecular formula is C20H25ClN2S. The van der Waals surface area contributed by atoms with Gasteiger partial charge in [0, 0.05) is 11.1 Å². The highest BCUT2D eigenvalue weighted by Crippen LogP contribution is 2.48. The second-order valence-electron chi connectivity index (χ2n) is 8.05. The third kappa shape index (κ3) is 3.04. The van der Waals surface area contributed by atoms with Crippen molar-refractivity contribution in [2.24, 2.45) is 0 Å². The molecule has 0 bridgehead atoms. The molecule has 1 aliphatic carbocycles. The number of anilines is 1. The molecule has 24 heavy (non-hydrogen) atoms. The Hall–Kier alpha value is -1.19. The van der Waals surface area contributed by atoms with Gasteiger partial charge in [-0.15, -0.1) is 0 Å². The fraction of sp³-hybridized carbons (Fsp3) is 0.450. The fourth-order valence-corrected chi connectivity index (χ4v) is 4.68. The highest BCUT2D eigenvalue weighted by atomic mass is 35.5. The summed E-state index contributed by atoms with van der Waals surface area (Å²) in [5.74, 6) is 0. The molecule has 0 unspecified atom stereocenters. The van der Waals surface area contributed by atoms with E-state index in [1.165, 1.54) is 34.4 Å². The zero-order valence-electron chi connectivity index (χ0n) is 15.0. The van der Waals surface area contributed by atoms with E-state index in [0.717, 1.165) is 4.90 Å². The lowest BCUT2D eigenvalue weighted by molar-refractivity contribution is 0.331. The van der Waals surface area contributed by atoms with E-state index in [1.54, 1.807) is 24.0 Å². The van der Waals surface area contributed by atoms with Gasteiger partial charge in [-0.05, 0) is 59.4 Å². The first-order valence-corrected chi connectivity index (χ1v) is 9.55. The summed E-state index contributed by atoms with van der Waals surface area (Å²) < 4.78 is 0. The monoisotopic (exact) mass is 360 g/mol. The van der Waals surface area contributed by atoms with Gasteiger partial charge in [-0.1, -0.05) is 57.1 Å². The molecule has 0 saturated heterocycles. The van der Waals surface area contributed by atoms with Crippen molar-refractivity contribution in [3.63, 3.8) is 0 Å². The van der Waals surface area contributed by atoms with Crippen molar-refractivity contribution < 1.29 is 0 Å². The molecule has 0 radical (unpaired) electrons. The molecule has 0 aliphatic heterocycles. The highest BCUT2D eigenvalue weighted by molar-refractivity contribution is 7.99. The largest absolute Gasteiger partial charge is 0.398 e. The first-order valence-electron chi connectivity index (χ1n) is 8.35. The summed E-state index contributed by atoms with van der Waals surface area (Å²) in [4.78, 5) is 6.22. The molecule has 0 saturated carbocycles. The van der Waals surface area contributed by atoms with Crippen LogP contribution in [-0.2, 0) is 10.8 Å². The summed E-state index contributed by atoms with van der Waals surface area (Å²) >= 11 is 7.89. The van der Waals surface area contributed by atoms with Gasteiger partial charge in [0.2, 0.25) is 0 Å². The fourth-order valence-electron chi connectivity index (χ4n) is 3.46. The van der Waals surface area contributed by atoms with Crippen molar-refractivity contribution >= 4 is 29.1 Å². The lowest BCUT2D eigenvalue weighted by atomic mass is 9.63. The van der Waals surface area contributed by atoms with Crippen molar-refractivity contribution in [1.82, 2.24) is 4.98 Å². The van der Waals surface area contributed by atoms with E-state index in [2.05, 4.69) is 51.7 Å². The average Bonchev–Trinajstić information content (AvgIpc) is 2.49. The molecule has 0 fully saturated rings.